The van der Waals surface area contributed by atoms with Crippen molar-refractivity contribution < 1.29 is 9.90 Å². The molecule has 1 aromatic heterocycles. The van der Waals surface area contributed by atoms with Crippen LogP contribution in [0.3, 0.4) is 0 Å². The van der Waals surface area contributed by atoms with E-state index in [4.69, 9.17) is 11.6 Å². The average molecular weight is 395 g/mol. The van der Waals surface area contributed by atoms with E-state index in [1.807, 2.05) is 55.5 Å². The molecule has 0 fully saturated rings. The number of halogens is 1. The predicted molar refractivity (Wildman–Crippen MR) is 112 cm³/mol. The van der Waals surface area contributed by atoms with Crippen LogP contribution in [0.5, 0.6) is 5.75 Å². The summed E-state index contributed by atoms with van der Waals surface area (Å²) in [7, 11) is 0. The molecule has 0 radical (unpaired) electrons. The molecule has 3 aromatic carbocycles. The number of carbonyl (C=O) groups is 1. The zero-order valence-corrected chi connectivity index (χ0v) is 15.9. The number of hydrogen-bond donors (Lipinski definition) is 2. The number of benzene rings is 3. The van der Waals surface area contributed by atoms with Crippen LogP contribution in [0.1, 0.15) is 20.8 Å². The number of phenols is 1. The molecule has 0 aliphatic rings. The maximum absolute atomic E-state index is 12.5. The normalized spacial score (nSPS) is 11.5. The highest BCUT2D eigenvalue weighted by Crippen LogP contribution is 2.35. The molecule has 0 spiro atoms. The van der Waals surface area contributed by atoms with Crippen LogP contribution in [0.15, 0.2) is 59.7 Å². The van der Waals surface area contributed by atoms with Crippen LogP contribution in [0.2, 0.25) is 5.02 Å². The number of nitrogens with zero attached hydrogens (tertiary/aromatic N) is 1. The Balaban J connectivity index is 1.62. The molecule has 4 aromatic rings. The lowest BCUT2D eigenvalue weighted by molar-refractivity contribution is 0.0959. The van der Waals surface area contributed by atoms with Crippen molar-refractivity contribution in [3.05, 3.63) is 75.6 Å². The lowest BCUT2D eigenvalue weighted by atomic mass is 10.0. The number of carbonyl (C=O) groups excluding carboxylic acids is 1. The molecule has 0 unspecified atom stereocenters. The van der Waals surface area contributed by atoms with Gasteiger partial charge in [-0.25, -0.2) is 5.43 Å². The zero-order valence-electron chi connectivity index (χ0n) is 14.4. The molecule has 4 rings (SSSR count). The number of aryl methyl sites for hydroxylation is 1. The summed E-state index contributed by atoms with van der Waals surface area (Å²) in [5, 5.41) is 17.3. The maximum Gasteiger partial charge on any atom is 0.283 e. The number of rotatable bonds is 3. The standard InChI is InChI=1S/C21H15ClN2O2S/c1-12-6-8-15-18(10-12)27-20(19(15)22)21(26)24-23-11-16-14-5-3-2-4-13(14)7-9-17(16)25/h2-11,25H,1H3,(H,24,26). The molecule has 4 nitrogen and oxygen atoms in total. The van der Waals surface area contributed by atoms with E-state index in [2.05, 4.69) is 10.5 Å². The van der Waals surface area contributed by atoms with Gasteiger partial charge in [0.05, 0.1) is 11.2 Å². The van der Waals surface area contributed by atoms with Gasteiger partial charge >= 0.3 is 0 Å². The minimum atomic E-state index is -0.380. The summed E-state index contributed by atoms with van der Waals surface area (Å²) in [6, 6.07) is 17.0. The fourth-order valence-corrected chi connectivity index (χ4v) is 4.45. The Morgan fingerprint density at radius 1 is 1.15 bits per heavy atom. The van der Waals surface area contributed by atoms with Gasteiger partial charge in [0.2, 0.25) is 0 Å². The van der Waals surface area contributed by atoms with Crippen molar-refractivity contribution in [3.63, 3.8) is 0 Å². The number of hydrazone groups is 1. The minimum absolute atomic E-state index is 0.0991. The SMILES string of the molecule is Cc1ccc2c(Cl)c(C(=O)NN=Cc3c(O)ccc4ccccc34)sc2c1. The first kappa shape index (κ1) is 17.5. The first-order valence-electron chi connectivity index (χ1n) is 8.27. The van der Waals surface area contributed by atoms with Crippen molar-refractivity contribution in [3.8, 4) is 5.75 Å². The third-order valence-electron chi connectivity index (χ3n) is 4.30. The average Bonchev–Trinajstić information content (AvgIpc) is 2.99. The zero-order chi connectivity index (χ0) is 19.0. The molecule has 0 bridgehead atoms. The molecule has 0 atom stereocenters. The van der Waals surface area contributed by atoms with Gasteiger partial charge in [-0.2, -0.15) is 5.10 Å². The highest BCUT2D eigenvalue weighted by molar-refractivity contribution is 7.21. The van der Waals surface area contributed by atoms with Gasteiger partial charge in [-0.3, -0.25) is 4.79 Å². The van der Waals surface area contributed by atoms with Gasteiger partial charge in [-0.15, -0.1) is 11.3 Å². The van der Waals surface area contributed by atoms with Crippen LogP contribution < -0.4 is 5.43 Å². The highest BCUT2D eigenvalue weighted by atomic mass is 35.5. The smallest absolute Gasteiger partial charge is 0.283 e. The van der Waals surface area contributed by atoms with Gasteiger partial charge in [-0.05, 0) is 35.4 Å². The van der Waals surface area contributed by atoms with E-state index in [0.717, 1.165) is 26.4 Å². The monoisotopic (exact) mass is 394 g/mol. The van der Waals surface area contributed by atoms with Crippen LogP contribution in [0, 0.1) is 6.92 Å². The molecule has 0 aliphatic heterocycles. The first-order chi connectivity index (χ1) is 13.0. The number of aromatic hydroxyl groups is 1. The van der Waals surface area contributed by atoms with E-state index in [1.54, 1.807) is 6.07 Å². The van der Waals surface area contributed by atoms with E-state index in [0.29, 0.717) is 15.5 Å². The lowest BCUT2D eigenvalue weighted by Gasteiger charge is -2.04. The Hall–Kier alpha value is -2.89. The fraction of sp³-hybridized carbons (Fsp3) is 0.0476. The summed E-state index contributed by atoms with van der Waals surface area (Å²) >= 11 is 7.69. The van der Waals surface area contributed by atoms with Gasteiger partial charge in [0.25, 0.3) is 5.91 Å². The molecule has 2 N–H and O–H groups in total. The molecule has 1 heterocycles. The number of fused-ring (bicyclic) bond motifs is 2. The molecular formula is C21H15ClN2O2S. The van der Waals surface area contributed by atoms with Gasteiger partial charge in [-0.1, -0.05) is 54.1 Å². The second kappa shape index (κ2) is 7.02. The molecule has 27 heavy (non-hydrogen) atoms. The first-order valence-corrected chi connectivity index (χ1v) is 9.47. The van der Waals surface area contributed by atoms with Crippen LogP contribution in [0.4, 0.5) is 0 Å². The van der Waals surface area contributed by atoms with E-state index in [1.165, 1.54) is 17.6 Å². The second-order valence-electron chi connectivity index (χ2n) is 6.16. The number of thiophene rings is 1. The molecule has 1 amide bonds. The van der Waals surface area contributed by atoms with Crippen molar-refractivity contribution in [2.45, 2.75) is 6.92 Å². The van der Waals surface area contributed by atoms with Crippen LogP contribution >= 0.6 is 22.9 Å². The largest absolute Gasteiger partial charge is 0.507 e. The number of phenolic OH excluding ortho intramolecular Hbond substituents is 1. The predicted octanol–water partition coefficient (Wildman–Crippen LogP) is 5.49. The molecule has 134 valence electrons. The van der Waals surface area contributed by atoms with E-state index >= 15 is 0 Å². The topological polar surface area (TPSA) is 61.7 Å². The second-order valence-corrected chi connectivity index (χ2v) is 7.59. The Kier molecular flexibility index (Phi) is 4.56. The molecule has 0 aliphatic carbocycles. The van der Waals surface area contributed by atoms with Crippen LogP contribution in [-0.2, 0) is 0 Å². The maximum atomic E-state index is 12.5. The number of amides is 1. The number of hydrogen-bond acceptors (Lipinski definition) is 4. The van der Waals surface area contributed by atoms with Crippen molar-refractivity contribution in [2.75, 3.05) is 0 Å². The minimum Gasteiger partial charge on any atom is -0.507 e. The van der Waals surface area contributed by atoms with E-state index in [9.17, 15) is 9.90 Å². The lowest BCUT2D eigenvalue weighted by Crippen LogP contribution is -2.16. The van der Waals surface area contributed by atoms with Crippen LogP contribution in [0.25, 0.3) is 20.9 Å². The number of nitrogens with one attached hydrogen (secondary N) is 1. The van der Waals surface area contributed by atoms with E-state index < -0.39 is 0 Å². The Labute approximate surface area is 164 Å². The third-order valence-corrected chi connectivity index (χ3v) is 5.95. The van der Waals surface area contributed by atoms with Gasteiger partial charge in [0.15, 0.2) is 0 Å². The highest BCUT2D eigenvalue weighted by Gasteiger charge is 2.16. The summed E-state index contributed by atoms with van der Waals surface area (Å²) in [4.78, 5) is 12.9. The summed E-state index contributed by atoms with van der Waals surface area (Å²) in [5.41, 5.74) is 4.16. The van der Waals surface area contributed by atoms with Crippen molar-refractivity contribution in [1.82, 2.24) is 5.43 Å². The van der Waals surface area contributed by atoms with Crippen molar-refractivity contribution in [1.29, 1.82) is 0 Å². The van der Waals surface area contributed by atoms with E-state index in [-0.39, 0.29) is 11.7 Å². The van der Waals surface area contributed by atoms with Crippen molar-refractivity contribution >= 4 is 55.9 Å². The van der Waals surface area contributed by atoms with Gasteiger partial charge < -0.3 is 5.11 Å². The Bertz CT molecular complexity index is 1210. The third kappa shape index (κ3) is 3.27. The molecule has 0 saturated carbocycles. The molecule has 0 saturated heterocycles. The Morgan fingerprint density at radius 3 is 2.81 bits per heavy atom. The quantitative estimate of drug-likeness (QED) is 0.356. The van der Waals surface area contributed by atoms with Crippen molar-refractivity contribution in [2.24, 2.45) is 5.10 Å². The molecular weight excluding hydrogens is 380 g/mol. The Morgan fingerprint density at radius 2 is 1.96 bits per heavy atom. The summed E-state index contributed by atoms with van der Waals surface area (Å²) < 4.78 is 0.959. The molecule has 6 heteroatoms. The summed E-state index contributed by atoms with van der Waals surface area (Å²) in [5.74, 6) is -0.281. The van der Waals surface area contributed by atoms with Gasteiger partial charge in [0.1, 0.15) is 10.6 Å². The summed E-state index contributed by atoms with van der Waals surface area (Å²) in [6.07, 6.45) is 1.45. The fourth-order valence-electron chi connectivity index (χ4n) is 2.94. The summed E-state index contributed by atoms with van der Waals surface area (Å²) in [6.45, 7) is 1.99. The van der Waals surface area contributed by atoms with Crippen LogP contribution in [-0.4, -0.2) is 17.2 Å². The van der Waals surface area contributed by atoms with Gasteiger partial charge in [0, 0.05) is 15.6 Å².